The maximum Gasteiger partial charge on any atom is 0.200 e. The molecular weight excluding hydrogens is 342 g/mol. The summed E-state index contributed by atoms with van der Waals surface area (Å²) in [5.74, 6) is 1.41. The lowest BCUT2D eigenvalue weighted by atomic mass is 9.69. The van der Waals surface area contributed by atoms with Gasteiger partial charge in [0.25, 0.3) is 0 Å². The summed E-state index contributed by atoms with van der Waals surface area (Å²) in [7, 11) is 0. The maximum atomic E-state index is 14.2. The Morgan fingerprint density at radius 3 is 2.19 bits per heavy atom. The van der Waals surface area contributed by atoms with E-state index in [4.69, 9.17) is 4.74 Å². The van der Waals surface area contributed by atoms with Gasteiger partial charge in [-0.2, -0.15) is 4.39 Å². The molecule has 0 unspecified atom stereocenters. The molecule has 0 saturated heterocycles. The van der Waals surface area contributed by atoms with Crippen molar-refractivity contribution in [3.05, 3.63) is 42.0 Å². The summed E-state index contributed by atoms with van der Waals surface area (Å²) in [5, 5.41) is 0. The monoisotopic (exact) mass is 376 g/mol. The highest BCUT2D eigenvalue weighted by molar-refractivity contribution is 5.31. The summed E-state index contributed by atoms with van der Waals surface area (Å²) < 4.78 is 33.9. The summed E-state index contributed by atoms with van der Waals surface area (Å²) in [6.45, 7) is 6.40. The molecule has 1 aromatic carbocycles. The van der Waals surface area contributed by atoms with Gasteiger partial charge in [-0.3, -0.25) is 0 Å². The zero-order valence-corrected chi connectivity index (χ0v) is 16.7. The van der Waals surface area contributed by atoms with Crippen LogP contribution in [0, 0.1) is 35.3 Å². The molecule has 0 aliphatic heterocycles. The molecule has 0 heterocycles. The van der Waals surface area contributed by atoms with Crippen molar-refractivity contribution in [1.29, 1.82) is 0 Å². The smallest absolute Gasteiger partial charge is 0.200 e. The number of allylic oxidation sites excluding steroid dienone is 1. The molecule has 0 aromatic heterocycles. The summed E-state index contributed by atoms with van der Waals surface area (Å²) in [6, 6.07) is 3.25. The fourth-order valence-electron chi connectivity index (χ4n) is 5.03. The Kier molecular flexibility index (Phi) is 7.32. The van der Waals surface area contributed by atoms with Crippen LogP contribution in [0.3, 0.4) is 0 Å². The van der Waals surface area contributed by atoms with Crippen molar-refractivity contribution >= 4 is 0 Å². The minimum atomic E-state index is -0.825. The number of hydrogen-bond donors (Lipinski definition) is 0. The van der Waals surface area contributed by atoms with E-state index in [2.05, 4.69) is 12.7 Å². The number of aryl methyl sites for hydroxylation is 1. The van der Waals surface area contributed by atoms with Crippen LogP contribution < -0.4 is 4.74 Å². The van der Waals surface area contributed by atoms with E-state index in [1.54, 1.807) is 12.1 Å². The van der Waals surface area contributed by atoms with Crippen molar-refractivity contribution in [2.75, 3.05) is 6.61 Å². The number of ether oxygens (including phenoxy) is 1. The number of hydrogen-bond acceptors (Lipinski definition) is 1. The second-order valence-corrected chi connectivity index (χ2v) is 8.60. The number of rotatable bonds is 7. The standard InChI is InChI=1S/C24H34F2O/c1-3-5-21-14-15-22(24(26)23(21)25)27-16-18-8-12-20(13-9-18)19-10-6-17(4-2)7-11-19/h4,14-15,17-20H,2-3,5-13,16H2,1H3. The van der Waals surface area contributed by atoms with Crippen LogP contribution in [0.4, 0.5) is 8.78 Å². The topological polar surface area (TPSA) is 9.23 Å². The maximum absolute atomic E-state index is 14.2. The minimum absolute atomic E-state index is 0.0669. The molecule has 0 atom stereocenters. The van der Waals surface area contributed by atoms with E-state index >= 15 is 0 Å². The van der Waals surface area contributed by atoms with E-state index in [-0.39, 0.29) is 5.75 Å². The molecule has 2 fully saturated rings. The molecule has 27 heavy (non-hydrogen) atoms. The molecule has 2 saturated carbocycles. The van der Waals surface area contributed by atoms with Crippen molar-refractivity contribution in [2.45, 2.75) is 71.1 Å². The molecule has 0 spiro atoms. The highest BCUT2D eigenvalue weighted by Gasteiger charge is 2.30. The molecule has 0 N–H and O–H groups in total. The van der Waals surface area contributed by atoms with E-state index in [1.165, 1.54) is 38.5 Å². The van der Waals surface area contributed by atoms with Gasteiger partial charge >= 0.3 is 0 Å². The summed E-state index contributed by atoms with van der Waals surface area (Å²) in [6.07, 6.45) is 13.6. The van der Waals surface area contributed by atoms with Crippen molar-refractivity contribution in [2.24, 2.45) is 23.7 Å². The highest BCUT2D eigenvalue weighted by atomic mass is 19.2. The van der Waals surface area contributed by atoms with Gasteiger partial charge in [-0.05, 0) is 93.1 Å². The van der Waals surface area contributed by atoms with Crippen LogP contribution in [0.1, 0.15) is 70.3 Å². The molecule has 1 nitrogen and oxygen atoms in total. The zero-order chi connectivity index (χ0) is 19.2. The Morgan fingerprint density at radius 2 is 1.59 bits per heavy atom. The van der Waals surface area contributed by atoms with E-state index in [1.807, 2.05) is 6.92 Å². The van der Waals surface area contributed by atoms with Gasteiger partial charge < -0.3 is 4.74 Å². The van der Waals surface area contributed by atoms with E-state index in [9.17, 15) is 8.78 Å². The fraction of sp³-hybridized carbons (Fsp3) is 0.667. The van der Waals surface area contributed by atoms with Gasteiger partial charge in [-0.25, -0.2) is 4.39 Å². The van der Waals surface area contributed by atoms with E-state index < -0.39 is 11.6 Å². The van der Waals surface area contributed by atoms with Gasteiger partial charge in [0.15, 0.2) is 11.6 Å². The molecular formula is C24H34F2O. The molecule has 0 radical (unpaired) electrons. The predicted octanol–water partition coefficient (Wildman–Crippen LogP) is 7.09. The highest BCUT2D eigenvalue weighted by Crippen LogP contribution is 2.41. The first-order valence-electron chi connectivity index (χ1n) is 10.8. The average Bonchev–Trinajstić information content (AvgIpc) is 2.71. The summed E-state index contributed by atoms with van der Waals surface area (Å²) in [4.78, 5) is 0. The van der Waals surface area contributed by atoms with Gasteiger partial charge in [0, 0.05) is 0 Å². The third-order valence-electron chi connectivity index (χ3n) is 6.83. The first kappa shape index (κ1) is 20.4. The Bertz CT molecular complexity index is 611. The Hall–Kier alpha value is -1.38. The van der Waals surface area contributed by atoms with Crippen molar-refractivity contribution < 1.29 is 13.5 Å². The molecule has 1 aromatic rings. The summed E-state index contributed by atoms with van der Waals surface area (Å²) >= 11 is 0. The van der Waals surface area contributed by atoms with Gasteiger partial charge in [0.2, 0.25) is 5.82 Å². The number of benzene rings is 1. The van der Waals surface area contributed by atoms with Gasteiger partial charge in [0.05, 0.1) is 6.61 Å². The van der Waals surface area contributed by atoms with Gasteiger partial charge in [0.1, 0.15) is 0 Å². The van der Waals surface area contributed by atoms with Crippen LogP contribution in [0.5, 0.6) is 5.75 Å². The van der Waals surface area contributed by atoms with Gasteiger partial charge in [-0.15, -0.1) is 6.58 Å². The van der Waals surface area contributed by atoms with Crippen LogP contribution in [0.15, 0.2) is 24.8 Å². The number of halogens is 2. The lowest BCUT2D eigenvalue weighted by Gasteiger charge is -2.37. The Balaban J connectivity index is 1.45. The van der Waals surface area contributed by atoms with Crippen molar-refractivity contribution in [1.82, 2.24) is 0 Å². The average molecular weight is 377 g/mol. The summed E-state index contributed by atoms with van der Waals surface area (Å²) in [5.41, 5.74) is 0.439. The van der Waals surface area contributed by atoms with Gasteiger partial charge in [-0.1, -0.05) is 25.5 Å². The van der Waals surface area contributed by atoms with Crippen LogP contribution in [-0.4, -0.2) is 6.61 Å². The second kappa shape index (κ2) is 9.71. The molecule has 0 bridgehead atoms. The molecule has 150 valence electrons. The van der Waals surface area contributed by atoms with Crippen LogP contribution >= 0.6 is 0 Å². The lowest BCUT2D eigenvalue weighted by molar-refractivity contribution is 0.127. The minimum Gasteiger partial charge on any atom is -0.490 e. The second-order valence-electron chi connectivity index (χ2n) is 8.60. The molecule has 3 rings (SSSR count). The molecule has 3 heteroatoms. The quantitative estimate of drug-likeness (QED) is 0.461. The van der Waals surface area contributed by atoms with E-state index in [0.29, 0.717) is 24.5 Å². The first-order chi connectivity index (χ1) is 13.1. The molecule has 2 aliphatic rings. The molecule has 0 amide bonds. The van der Waals surface area contributed by atoms with E-state index in [0.717, 1.165) is 37.0 Å². The third kappa shape index (κ3) is 5.12. The lowest BCUT2D eigenvalue weighted by Crippen LogP contribution is -2.27. The Labute approximate surface area is 163 Å². The van der Waals surface area contributed by atoms with Crippen molar-refractivity contribution in [3.8, 4) is 5.75 Å². The third-order valence-corrected chi connectivity index (χ3v) is 6.83. The zero-order valence-electron chi connectivity index (χ0n) is 16.7. The van der Waals surface area contributed by atoms with Crippen LogP contribution in [0.25, 0.3) is 0 Å². The Morgan fingerprint density at radius 1 is 0.963 bits per heavy atom. The molecule has 2 aliphatic carbocycles. The largest absolute Gasteiger partial charge is 0.490 e. The van der Waals surface area contributed by atoms with Crippen LogP contribution in [-0.2, 0) is 6.42 Å². The first-order valence-corrected chi connectivity index (χ1v) is 10.8. The predicted molar refractivity (Wildman–Crippen MR) is 107 cm³/mol. The SMILES string of the molecule is C=CC1CCC(C2CCC(COc3ccc(CCC)c(F)c3F)CC2)CC1. The fourth-order valence-corrected chi connectivity index (χ4v) is 5.03. The normalized spacial score (nSPS) is 28.7. The van der Waals surface area contributed by atoms with Crippen molar-refractivity contribution in [3.63, 3.8) is 0 Å². The van der Waals surface area contributed by atoms with Crippen LogP contribution in [0.2, 0.25) is 0 Å².